The number of benzene rings is 1. The summed E-state index contributed by atoms with van der Waals surface area (Å²) < 4.78 is 5.31. The van der Waals surface area contributed by atoms with Crippen molar-refractivity contribution in [2.75, 3.05) is 32.1 Å². The number of rotatable bonds is 8. The van der Waals surface area contributed by atoms with E-state index in [2.05, 4.69) is 42.4 Å². The van der Waals surface area contributed by atoms with Gasteiger partial charge in [-0.05, 0) is 50.3 Å². The molecular formula is C18H30N2O. The van der Waals surface area contributed by atoms with Gasteiger partial charge in [-0.25, -0.2) is 0 Å². The highest BCUT2D eigenvalue weighted by Crippen LogP contribution is 2.29. The number of hydrogen-bond donors (Lipinski definition) is 1. The fourth-order valence-corrected chi connectivity index (χ4v) is 3.32. The van der Waals surface area contributed by atoms with Crippen molar-refractivity contribution in [2.45, 2.75) is 45.1 Å². The third-order valence-corrected chi connectivity index (χ3v) is 4.65. The first-order valence-corrected chi connectivity index (χ1v) is 8.33. The average molecular weight is 290 g/mol. The normalized spacial score (nSPS) is 21.5. The van der Waals surface area contributed by atoms with Crippen LogP contribution in [0.5, 0.6) is 5.75 Å². The Morgan fingerprint density at radius 1 is 1.33 bits per heavy atom. The number of anilines is 1. The van der Waals surface area contributed by atoms with E-state index < -0.39 is 0 Å². The molecule has 0 radical (unpaired) electrons. The molecular weight excluding hydrogens is 260 g/mol. The predicted molar refractivity (Wildman–Crippen MR) is 90.3 cm³/mol. The minimum absolute atomic E-state index is 0.739. The van der Waals surface area contributed by atoms with Crippen LogP contribution in [0.4, 0.5) is 5.69 Å². The average Bonchev–Trinajstić information content (AvgIpc) is 2.98. The van der Waals surface area contributed by atoms with Gasteiger partial charge in [0.05, 0.1) is 7.11 Å². The smallest absolute Gasteiger partial charge is 0.120 e. The van der Waals surface area contributed by atoms with Crippen molar-refractivity contribution in [3.05, 3.63) is 24.3 Å². The van der Waals surface area contributed by atoms with Gasteiger partial charge in [0.1, 0.15) is 5.75 Å². The summed E-state index contributed by atoms with van der Waals surface area (Å²) in [7, 11) is 3.90. The molecule has 1 aliphatic carbocycles. The lowest BCUT2D eigenvalue weighted by molar-refractivity contribution is 0.382. The van der Waals surface area contributed by atoms with E-state index in [1.165, 1.54) is 37.8 Å². The van der Waals surface area contributed by atoms with Crippen LogP contribution >= 0.6 is 0 Å². The van der Waals surface area contributed by atoms with Gasteiger partial charge in [-0.3, -0.25) is 0 Å². The first kappa shape index (κ1) is 16.2. The van der Waals surface area contributed by atoms with Gasteiger partial charge in [-0.15, -0.1) is 0 Å². The van der Waals surface area contributed by atoms with Gasteiger partial charge in [0.2, 0.25) is 0 Å². The Hall–Kier alpha value is -1.22. The van der Waals surface area contributed by atoms with Gasteiger partial charge in [-0.2, -0.15) is 0 Å². The topological polar surface area (TPSA) is 24.5 Å². The van der Waals surface area contributed by atoms with Crippen LogP contribution in [0.25, 0.3) is 0 Å². The van der Waals surface area contributed by atoms with E-state index in [9.17, 15) is 0 Å². The van der Waals surface area contributed by atoms with E-state index in [1.807, 2.05) is 6.07 Å². The molecule has 21 heavy (non-hydrogen) atoms. The third kappa shape index (κ3) is 4.63. The molecule has 1 fully saturated rings. The van der Waals surface area contributed by atoms with Gasteiger partial charge in [0, 0.05) is 31.4 Å². The van der Waals surface area contributed by atoms with Crippen LogP contribution in [0.3, 0.4) is 0 Å². The van der Waals surface area contributed by atoms with E-state index in [0.29, 0.717) is 0 Å². The van der Waals surface area contributed by atoms with Gasteiger partial charge >= 0.3 is 0 Å². The van der Waals surface area contributed by atoms with Crippen LogP contribution in [0.2, 0.25) is 0 Å². The second-order valence-corrected chi connectivity index (χ2v) is 6.16. The van der Waals surface area contributed by atoms with Gasteiger partial charge in [0.15, 0.2) is 0 Å². The molecule has 1 aromatic carbocycles. The van der Waals surface area contributed by atoms with Gasteiger partial charge in [-0.1, -0.05) is 19.4 Å². The summed E-state index contributed by atoms with van der Waals surface area (Å²) in [6.07, 6.45) is 6.62. The summed E-state index contributed by atoms with van der Waals surface area (Å²) in [5.41, 5.74) is 1.24. The SMILES string of the molecule is CCCNC1CCCC1CCN(C)c1cccc(OC)c1. The summed E-state index contributed by atoms with van der Waals surface area (Å²) >= 11 is 0. The minimum atomic E-state index is 0.739. The maximum absolute atomic E-state index is 5.31. The minimum Gasteiger partial charge on any atom is -0.497 e. The van der Waals surface area contributed by atoms with Gasteiger partial charge in [0.25, 0.3) is 0 Å². The highest BCUT2D eigenvalue weighted by Gasteiger charge is 2.26. The van der Waals surface area contributed by atoms with Crippen LogP contribution in [0.1, 0.15) is 39.0 Å². The molecule has 1 saturated carbocycles. The van der Waals surface area contributed by atoms with E-state index in [0.717, 1.165) is 30.8 Å². The van der Waals surface area contributed by atoms with E-state index >= 15 is 0 Å². The molecule has 3 heteroatoms. The Balaban J connectivity index is 1.83. The number of methoxy groups -OCH3 is 1. The van der Waals surface area contributed by atoms with Crippen LogP contribution in [0, 0.1) is 5.92 Å². The Kier molecular flexibility index (Phi) is 6.37. The van der Waals surface area contributed by atoms with Crippen molar-refractivity contribution in [1.29, 1.82) is 0 Å². The van der Waals surface area contributed by atoms with Crippen molar-refractivity contribution in [2.24, 2.45) is 5.92 Å². The number of nitrogens with one attached hydrogen (secondary N) is 1. The summed E-state index contributed by atoms with van der Waals surface area (Å²) in [5, 5.41) is 3.72. The molecule has 1 aromatic rings. The molecule has 0 spiro atoms. The predicted octanol–water partition coefficient (Wildman–Crippen LogP) is 3.69. The Morgan fingerprint density at radius 2 is 2.19 bits per heavy atom. The highest BCUT2D eigenvalue weighted by atomic mass is 16.5. The zero-order valence-corrected chi connectivity index (χ0v) is 13.8. The van der Waals surface area contributed by atoms with E-state index in [4.69, 9.17) is 4.74 Å². The molecule has 118 valence electrons. The van der Waals surface area contributed by atoms with Crippen LogP contribution in [-0.2, 0) is 0 Å². The van der Waals surface area contributed by atoms with E-state index in [1.54, 1.807) is 7.11 Å². The summed E-state index contributed by atoms with van der Waals surface area (Å²) in [5.74, 6) is 1.77. The Morgan fingerprint density at radius 3 is 2.95 bits per heavy atom. The second-order valence-electron chi connectivity index (χ2n) is 6.16. The molecule has 2 unspecified atom stereocenters. The molecule has 0 saturated heterocycles. The summed E-state index contributed by atoms with van der Waals surface area (Å²) in [6.45, 7) is 4.52. The van der Waals surface area contributed by atoms with Crippen molar-refractivity contribution in [3.63, 3.8) is 0 Å². The number of ether oxygens (including phenoxy) is 1. The maximum atomic E-state index is 5.31. The lowest BCUT2D eigenvalue weighted by Gasteiger charge is -2.25. The van der Waals surface area contributed by atoms with Gasteiger partial charge < -0.3 is 15.0 Å². The Bertz CT molecular complexity index is 421. The fourth-order valence-electron chi connectivity index (χ4n) is 3.32. The Labute approximate surface area is 129 Å². The highest BCUT2D eigenvalue weighted by molar-refractivity contribution is 5.50. The van der Waals surface area contributed by atoms with Crippen LogP contribution in [0.15, 0.2) is 24.3 Å². The van der Waals surface area contributed by atoms with Crippen LogP contribution < -0.4 is 15.0 Å². The van der Waals surface area contributed by atoms with E-state index in [-0.39, 0.29) is 0 Å². The molecule has 2 atom stereocenters. The van der Waals surface area contributed by atoms with Crippen molar-refractivity contribution >= 4 is 5.69 Å². The fraction of sp³-hybridized carbons (Fsp3) is 0.667. The standard InChI is InChI=1S/C18H30N2O/c1-4-12-19-18-10-5-7-15(18)11-13-20(2)16-8-6-9-17(14-16)21-3/h6,8-9,14-15,18-19H,4-5,7,10-13H2,1-3H3. The summed E-state index contributed by atoms with van der Waals surface area (Å²) in [6, 6.07) is 9.07. The molecule has 0 amide bonds. The zero-order chi connectivity index (χ0) is 15.1. The third-order valence-electron chi connectivity index (χ3n) is 4.65. The monoisotopic (exact) mass is 290 g/mol. The van der Waals surface area contributed by atoms with Crippen molar-refractivity contribution < 1.29 is 4.74 Å². The molecule has 2 rings (SSSR count). The largest absolute Gasteiger partial charge is 0.497 e. The number of nitrogens with zero attached hydrogens (tertiary/aromatic N) is 1. The second kappa shape index (κ2) is 8.28. The molecule has 0 aromatic heterocycles. The molecule has 0 aliphatic heterocycles. The first-order chi connectivity index (χ1) is 10.2. The molecule has 1 N–H and O–H groups in total. The van der Waals surface area contributed by atoms with Crippen LogP contribution in [-0.4, -0.2) is 33.3 Å². The zero-order valence-electron chi connectivity index (χ0n) is 13.8. The van der Waals surface area contributed by atoms with Crippen molar-refractivity contribution in [1.82, 2.24) is 5.32 Å². The lowest BCUT2D eigenvalue weighted by atomic mass is 9.99. The first-order valence-electron chi connectivity index (χ1n) is 8.33. The molecule has 3 nitrogen and oxygen atoms in total. The molecule has 1 aliphatic rings. The quantitative estimate of drug-likeness (QED) is 0.790. The lowest BCUT2D eigenvalue weighted by Crippen LogP contribution is -2.34. The molecule has 0 heterocycles. The van der Waals surface area contributed by atoms with Crippen molar-refractivity contribution in [3.8, 4) is 5.75 Å². The summed E-state index contributed by atoms with van der Waals surface area (Å²) in [4.78, 5) is 2.34. The number of hydrogen-bond acceptors (Lipinski definition) is 3. The molecule has 0 bridgehead atoms. The maximum Gasteiger partial charge on any atom is 0.120 e.